The highest BCUT2D eigenvalue weighted by Crippen LogP contribution is 2.17. The molecule has 2 rings (SSSR count). The second kappa shape index (κ2) is 9.88. The summed E-state index contributed by atoms with van der Waals surface area (Å²) in [5.74, 6) is -1.29. The van der Waals surface area contributed by atoms with E-state index in [-0.39, 0.29) is 22.5 Å². The van der Waals surface area contributed by atoms with Crippen molar-refractivity contribution in [1.29, 1.82) is 0 Å². The number of carbonyl (C=O) groups is 3. The molecule has 3 amide bonds. The van der Waals surface area contributed by atoms with Gasteiger partial charge in [0.05, 0.1) is 0 Å². The fourth-order valence-corrected chi connectivity index (χ4v) is 3.09. The lowest BCUT2D eigenvalue weighted by molar-refractivity contribution is -0.132. The first-order valence-corrected chi connectivity index (χ1v) is 9.72. The van der Waals surface area contributed by atoms with Gasteiger partial charge in [-0.25, -0.2) is 0 Å². The van der Waals surface area contributed by atoms with Crippen molar-refractivity contribution >= 4 is 28.5 Å². The standard InChI is InChI=1S/C22H29N3O3.3H2/c1-4-14(3)20(21(23)27)25-22(28)18(24-19(26)5-2)13-15-10-11-16-8-6-7-9-17(16)12-15;;;/h6-12,14,18,20H,4-5,13H2,1-3H3,(H2,23,27)(H,24,26)(H,25,28);3*1H/t14-,18-,20-;;;/m0.../s1. The zero-order chi connectivity index (χ0) is 20.7. The van der Waals surface area contributed by atoms with Gasteiger partial charge in [-0.2, -0.15) is 0 Å². The van der Waals surface area contributed by atoms with Crippen LogP contribution in [-0.2, 0) is 20.8 Å². The molecule has 0 aliphatic carbocycles. The Labute approximate surface area is 170 Å². The Morgan fingerprint density at radius 2 is 1.71 bits per heavy atom. The third-order valence-corrected chi connectivity index (χ3v) is 5.04. The van der Waals surface area contributed by atoms with Crippen LogP contribution in [0, 0.1) is 5.92 Å². The van der Waals surface area contributed by atoms with Gasteiger partial charge in [0.25, 0.3) is 0 Å². The SMILES string of the molecule is CCC(=O)N[C@@H](Cc1ccc2ccccc2c1)C(=O)N[C@H](C(N)=O)[C@@H](C)CC.[HH].[HH].[HH]. The number of hydrogen-bond donors (Lipinski definition) is 3. The van der Waals surface area contributed by atoms with E-state index in [1.165, 1.54) is 0 Å². The molecule has 0 aliphatic heterocycles. The predicted octanol–water partition coefficient (Wildman–Crippen LogP) is 3.03. The van der Waals surface area contributed by atoms with Crippen molar-refractivity contribution in [3.05, 3.63) is 48.0 Å². The maximum absolute atomic E-state index is 12.9. The fraction of sp³-hybridized carbons (Fsp3) is 0.409. The minimum atomic E-state index is -0.778. The lowest BCUT2D eigenvalue weighted by Gasteiger charge is -2.25. The summed E-state index contributed by atoms with van der Waals surface area (Å²) in [4.78, 5) is 36.6. The van der Waals surface area contributed by atoms with Crippen molar-refractivity contribution in [2.45, 2.75) is 52.1 Å². The van der Waals surface area contributed by atoms with Crippen LogP contribution in [0.5, 0.6) is 0 Å². The average molecular weight is 390 g/mol. The molecule has 0 radical (unpaired) electrons. The summed E-state index contributed by atoms with van der Waals surface area (Å²) in [6.45, 7) is 5.52. The highest BCUT2D eigenvalue weighted by molar-refractivity contribution is 5.92. The van der Waals surface area contributed by atoms with E-state index in [4.69, 9.17) is 5.73 Å². The van der Waals surface area contributed by atoms with Crippen LogP contribution in [0.3, 0.4) is 0 Å². The van der Waals surface area contributed by atoms with Crippen molar-refractivity contribution in [3.63, 3.8) is 0 Å². The van der Waals surface area contributed by atoms with Gasteiger partial charge < -0.3 is 16.4 Å². The lowest BCUT2D eigenvalue weighted by Crippen LogP contribution is -2.55. The molecule has 4 N–H and O–H groups in total. The lowest BCUT2D eigenvalue weighted by atomic mass is 9.97. The smallest absolute Gasteiger partial charge is 0.243 e. The Kier molecular flexibility index (Phi) is 7.55. The first-order chi connectivity index (χ1) is 13.3. The second-order valence-corrected chi connectivity index (χ2v) is 7.13. The van der Waals surface area contributed by atoms with E-state index in [0.29, 0.717) is 12.8 Å². The Hall–Kier alpha value is -2.89. The number of hydrogen-bond acceptors (Lipinski definition) is 3. The number of nitrogens with one attached hydrogen (secondary N) is 2. The zero-order valence-electron chi connectivity index (χ0n) is 16.7. The molecule has 0 fully saturated rings. The highest BCUT2D eigenvalue weighted by atomic mass is 16.2. The van der Waals surface area contributed by atoms with Gasteiger partial charge in [-0.1, -0.05) is 69.7 Å². The first kappa shape index (κ1) is 21.4. The molecule has 6 nitrogen and oxygen atoms in total. The minimum Gasteiger partial charge on any atom is -0.368 e. The summed E-state index contributed by atoms with van der Waals surface area (Å²) in [5, 5.41) is 7.66. The van der Waals surface area contributed by atoms with E-state index in [9.17, 15) is 14.4 Å². The van der Waals surface area contributed by atoms with Crippen molar-refractivity contribution in [2.24, 2.45) is 11.7 Å². The van der Waals surface area contributed by atoms with Gasteiger partial charge in [-0.15, -0.1) is 0 Å². The molecule has 0 saturated heterocycles. The number of rotatable bonds is 9. The van der Waals surface area contributed by atoms with Crippen molar-refractivity contribution < 1.29 is 18.7 Å². The summed E-state index contributed by atoms with van der Waals surface area (Å²) in [5.41, 5.74) is 6.39. The zero-order valence-corrected chi connectivity index (χ0v) is 16.7. The minimum absolute atomic E-state index is 0. The van der Waals surface area contributed by atoms with Gasteiger partial charge >= 0.3 is 0 Å². The molecule has 0 saturated carbocycles. The van der Waals surface area contributed by atoms with Gasteiger partial charge in [0.1, 0.15) is 12.1 Å². The third-order valence-electron chi connectivity index (χ3n) is 5.04. The Morgan fingerprint density at radius 3 is 2.32 bits per heavy atom. The largest absolute Gasteiger partial charge is 0.368 e. The molecule has 0 aromatic heterocycles. The van der Waals surface area contributed by atoms with Crippen LogP contribution in [0.15, 0.2) is 42.5 Å². The van der Waals surface area contributed by atoms with E-state index in [0.717, 1.165) is 16.3 Å². The van der Waals surface area contributed by atoms with E-state index in [1.807, 2.05) is 56.3 Å². The number of benzene rings is 2. The Bertz CT molecular complexity index is 864. The number of nitrogens with two attached hydrogens (primary N) is 1. The molecule has 6 heteroatoms. The molecule has 28 heavy (non-hydrogen) atoms. The van der Waals surface area contributed by atoms with Crippen molar-refractivity contribution in [3.8, 4) is 0 Å². The molecule has 0 bridgehead atoms. The fourth-order valence-electron chi connectivity index (χ4n) is 3.09. The first-order valence-electron chi connectivity index (χ1n) is 9.72. The van der Waals surface area contributed by atoms with E-state index in [1.54, 1.807) is 6.92 Å². The van der Waals surface area contributed by atoms with Crippen LogP contribution in [-0.4, -0.2) is 29.8 Å². The topological polar surface area (TPSA) is 101 Å². The Balaban J connectivity index is 0. The molecule has 0 heterocycles. The van der Waals surface area contributed by atoms with Gasteiger partial charge in [0.15, 0.2) is 0 Å². The van der Waals surface area contributed by atoms with Gasteiger partial charge in [-0.3, -0.25) is 14.4 Å². The number of primary amides is 1. The molecule has 0 spiro atoms. The van der Waals surface area contributed by atoms with Crippen LogP contribution >= 0.6 is 0 Å². The maximum Gasteiger partial charge on any atom is 0.243 e. The molecule has 0 aliphatic rings. The summed E-state index contributed by atoms with van der Waals surface area (Å²) in [7, 11) is 0. The van der Waals surface area contributed by atoms with E-state index >= 15 is 0 Å². The van der Waals surface area contributed by atoms with Crippen molar-refractivity contribution in [1.82, 2.24) is 10.6 Å². The number of amides is 3. The second-order valence-electron chi connectivity index (χ2n) is 7.13. The normalized spacial score (nSPS) is 14.1. The molecule has 2 aromatic rings. The van der Waals surface area contributed by atoms with Crippen LogP contribution in [0.25, 0.3) is 10.8 Å². The predicted molar refractivity (Wildman–Crippen MR) is 117 cm³/mol. The molecule has 0 unspecified atom stereocenters. The Morgan fingerprint density at radius 1 is 1.04 bits per heavy atom. The summed E-state index contributed by atoms with van der Waals surface area (Å²) >= 11 is 0. The monoisotopic (exact) mass is 389 g/mol. The van der Waals surface area contributed by atoms with Gasteiger partial charge in [0.2, 0.25) is 17.7 Å². The molecule has 3 atom stereocenters. The van der Waals surface area contributed by atoms with Gasteiger partial charge in [0, 0.05) is 17.1 Å². The third kappa shape index (κ3) is 5.55. The summed E-state index contributed by atoms with van der Waals surface area (Å²) < 4.78 is 0. The molecular formula is C22H35N3O3. The van der Waals surface area contributed by atoms with Crippen molar-refractivity contribution in [2.75, 3.05) is 0 Å². The molecule has 156 valence electrons. The molecule has 2 aromatic carbocycles. The van der Waals surface area contributed by atoms with Crippen LogP contribution in [0.4, 0.5) is 0 Å². The maximum atomic E-state index is 12.9. The molecular weight excluding hydrogens is 354 g/mol. The van der Waals surface area contributed by atoms with Crippen LogP contribution in [0.1, 0.15) is 43.5 Å². The number of fused-ring (bicyclic) bond motifs is 1. The van der Waals surface area contributed by atoms with E-state index < -0.39 is 23.9 Å². The van der Waals surface area contributed by atoms with E-state index in [2.05, 4.69) is 10.6 Å². The van der Waals surface area contributed by atoms with Crippen LogP contribution < -0.4 is 16.4 Å². The summed E-state index contributed by atoms with van der Waals surface area (Å²) in [6, 6.07) is 12.4. The highest BCUT2D eigenvalue weighted by Gasteiger charge is 2.28. The van der Waals surface area contributed by atoms with Gasteiger partial charge in [-0.05, 0) is 22.3 Å². The van der Waals surface area contributed by atoms with Crippen LogP contribution in [0.2, 0.25) is 0 Å². The quantitative estimate of drug-likeness (QED) is 0.614. The summed E-state index contributed by atoms with van der Waals surface area (Å²) in [6.07, 6.45) is 1.30. The number of carbonyl (C=O) groups excluding carboxylic acids is 3. The average Bonchev–Trinajstić information content (AvgIpc) is 2.70.